The van der Waals surface area contributed by atoms with E-state index in [0.717, 1.165) is 44.9 Å². The molecule has 10 fully saturated rings. The zero-order chi connectivity index (χ0) is 37.1. The maximum absolute atomic E-state index is 14.2. The largest absolute Gasteiger partial charge is 0.437 e. The Balaban J connectivity index is 1.05. The van der Waals surface area contributed by atoms with Crippen LogP contribution in [0.4, 0.5) is 14.9 Å². The van der Waals surface area contributed by atoms with Gasteiger partial charge in [0.25, 0.3) is 0 Å². The van der Waals surface area contributed by atoms with Gasteiger partial charge >= 0.3 is 6.09 Å². The minimum Gasteiger partial charge on any atom is -0.345 e. The summed E-state index contributed by atoms with van der Waals surface area (Å²) in [5.41, 5.74) is -0.0135. The number of ether oxygens (including phenoxy) is 4. The lowest BCUT2D eigenvalue weighted by molar-refractivity contribution is -0.571. The molecule has 1 aromatic rings. The minimum atomic E-state index is -0.947. The van der Waals surface area contributed by atoms with Crippen molar-refractivity contribution in [2.75, 3.05) is 5.32 Å². The molecular weight excluding hydrogens is 687 g/mol. The van der Waals surface area contributed by atoms with E-state index in [2.05, 4.69) is 38.2 Å². The lowest BCUT2D eigenvalue weighted by Gasteiger charge is -2.61. The first-order valence-electron chi connectivity index (χ1n) is 20.0. The van der Waals surface area contributed by atoms with Crippen molar-refractivity contribution in [1.29, 1.82) is 0 Å². The van der Waals surface area contributed by atoms with E-state index in [-0.39, 0.29) is 47.3 Å². The number of rotatable bonds is 5. The van der Waals surface area contributed by atoms with Crippen LogP contribution in [-0.2, 0) is 43.3 Å². The van der Waals surface area contributed by atoms with Gasteiger partial charge in [-0.3, -0.25) is 10.2 Å². The average molecular weight is 743 g/mol. The summed E-state index contributed by atoms with van der Waals surface area (Å²) >= 11 is 0. The van der Waals surface area contributed by atoms with E-state index in [1.54, 1.807) is 13.0 Å². The van der Waals surface area contributed by atoms with Crippen molar-refractivity contribution in [3.05, 3.63) is 29.6 Å². The van der Waals surface area contributed by atoms with Crippen LogP contribution in [0.25, 0.3) is 0 Å². The molecule has 292 valence electrons. The first kappa shape index (κ1) is 36.4. The average Bonchev–Trinajstić information content (AvgIpc) is 3.48. The second-order valence-corrected chi connectivity index (χ2v) is 18.1. The van der Waals surface area contributed by atoms with Crippen LogP contribution < -0.4 is 5.32 Å². The summed E-state index contributed by atoms with van der Waals surface area (Å²) < 4.78 is 41.5. The third-order valence-electron chi connectivity index (χ3n) is 14.7. The maximum atomic E-state index is 14.2. The fourth-order valence-corrected chi connectivity index (χ4v) is 12.0. The number of anilines is 1. The number of carbonyl (C=O) groups is 1. The van der Waals surface area contributed by atoms with Crippen LogP contribution in [0.5, 0.6) is 0 Å². The second kappa shape index (κ2) is 12.9. The van der Waals surface area contributed by atoms with E-state index in [9.17, 15) is 9.18 Å². The number of hydrogen-bond acceptors (Lipinski definition) is 11. The van der Waals surface area contributed by atoms with Crippen molar-refractivity contribution in [1.82, 2.24) is 0 Å². The molecule has 0 unspecified atom stereocenters. The van der Waals surface area contributed by atoms with Gasteiger partial charge in [-0.1, -0.05) is 32.9 Å². The molecule has 12 nitrogen and oxygen atoms in total. The maximum Gasteiger partial charge on any atom is 0.437 e. The van der Waals surface area contributed by atoms with E-state index in [0.29, 0.717) is 36.0 Å². The summed E-state index contributed by atoms with van der Waals surface area (Å²) in [7, 11) is 0. The van der Waals surface area contributed by atoms with Crippen LogP contribution in [0.15, 0.2) is 23.4 Å². The van der Waals surface area contributed by atoms with E-state index < -0.39 is 53.4 Å². The lowest BCUT2D eigenvalue weighted by atomic mass is 9.56. The van der Waals surface area contributed by atoms with Gasteiger partial charge in [-0.15, -0.1) is 0 Å². The molecule has 13 heteroatoms. The van der Waals surface area contributed by atoms with Crippen molar-refractivity contribution in [2.45, 2.75) is 154 Å². The Labute approximate surface area is 310 Å². The highest BCUT2D eigenvalue weighted by molar-refractivity contribution is 5.91. The zero-order valence-electron chi connectivity index (χ0n) is 31.9. The predicted octanol–water partition coefficient (Wildman–Crippen LogP) is 7.93. The standard InChI is InChI=1S/C40H55FN2O10/c1-20-16-25(41)18-26(17-20)42-36(44)49-43-31(33-24(5)30-11-9-22(3)28-13-15-38(7)48-35(46-33)40(28,30)53-51-38)19-32-23(4)29-10-8-21(2)27-12-14-37(6)47-34(45-32)39(27,29)52-50-37/h16-18,21-24,27-30,32-35H,8-15,19H2,1-7H3,(H,42,44)/b43-31-/t21-,22-,23-,24-,27+,28+,29+,30+,32-,33+,34-,35-,37+,38+,39-,40-/m1/s1. The summed E-state index contributed by atoms with van der Waals surface area (Å²) in [5, 5.41) is 7.21. The van der Waals surface area contributed by atoms with Crippen LogP contribution in [-0.4, -0.2) is 59.4 Å². The number of fused-ring (bicyclic) bond motifs is 4. The molecule has 11 rings (SSSR count). The van der Waals surface area contributed by atoms with Gasteiger partial charge in [0.05, 0.1) is 11.8 Å². The molecule has 8 saturated heterocycles. The molecule has 2 spiro atoms. The molecule has 53 heavy (non-hydrogen) atoms. The van der Waals surface area contributed by atoms with Gasteiger partial charge in [0.15, 0.2) is 23.8 Å². The third kappa shape index (κ3) is 5.73. The first-order valence-corrected chi connectivity index (χ1v) is 20.0. The topological polar surface area (TPSA) is 125 Å². The second-order valence-electron chi connectivity index (χ2n) is 18.1. The monoisotopic (exact) mass is 742 g/mol. The molecule has 2 saturated carbocycles. The van der Waals surface area contributed by atoms with Crippen LogP contribution >= 0.6 is 0 Å². The van der Waals surface area contributed by atoms with E-state index in [1.165, 1.54) is 12.1 Å². The van der Waals surface area contributed by atoms with Crippen LogP contribution in [0.2, 0.25) is 0 Å². The van der Waals surface area contributed by atoms with Gasteiger partial charge in [0.2, 0.25) is 11.6 Å². The first-order chi connectivity index (χ1) is 25.2. The highest BCUT2D eigenvalue weighted by Gasteiger charge is 2.71. The molecule has 8 heterocycles. The molecule has 0 aromatic heterocycles. The Kier molecular flexibility index (Phi) is 8.87. The number of hydrogen-bond donors (Lipinski definition) is 1. The fraction of sp³-hybridized carbons (Fsp3) is 0.800. The summed E-state index contributed by atoms with van der Waals surface area (Å²) in [6.07, 6.45) is 4.43. The molecule has 1 amide bonds. The number of halogens is 1. The zero-order valence-corrected chi connectivity index (χ0v) is 31.9. The van der Waals surface area contributed by atoms with Gasteiger partial charge in [0.1, 0.15) is 11.9 Å². The summed E-state index contributed by atoms with van der Waals surface area (Å²) in [6, 6.07) is 4.30. The van der Waals surface area contributed by atoms with E-state index in [1.807, 2.05) is 13.8 Å². The molecule has 1 N–H and O–H groups in total. The Morgan fingerprint density at radius 1 is 0.792 bits per heavy atom. The molecule has 0 radical (unpaired) electrons. The molecule has 4 bridgehead atoms. The quantitative estimate of drug-likeness (QED) is 0.138. The number of oxime groups is 1. The molecular formula is C40H55FN2O10. The molecule has 1 aromatic carbocycles. The SMILES string of the molecule is Cc1cc(F)cc(NC(=O)O/N=C(/C[C@H]2O[C@@H]3O[C@]4(C)CC[C@H]5[C@H](C)CC[C@@H]([C@H]2C)[C@@]35OO4)[C@H]2O[C@@H]3O[C@]4(C)CC[C@H]5[C@H](C)CC[C@@H]([C@H]2C)[C@@]35OO4)c1. The van der Waals surface area contributed by atoms with E-state index in [4.69, 9.17) is 43.3 Å². The van der Waals surface area contributed by atoms with Gasteiger partial charge in [0, 0.05) is 36.8 Å². The van der Waals surface area contributed by atoms with Gasteiger partial charge in [-0.05, 0) is 119 Å². The van der Waals surface area contributed by atoms with Crippen molar-refractivity contribution >= 4 is 17.5 Å². The summed E-state index contributed by atoms with van der Waals surface area (Å²) in [5.74, 6) is -0.970. The summed E-state index contributed by atoms with van der Waals surface area (Å²) in [6.45, 7) is 14.5. The number of carbonyl (C=O) groups excluding carboxylic acids is 1. The van der Waals surface area contributed by atoms with Gasteiger partial charge < -0.3 is 18.9 Å². The lowest BCUT2D eigenvalue weighted by Crippen LogP contribution is -2.71. The molecule has 8 aliphatic heterocycles. The number of nitrogens with one attached hydrogen (secondary N) is 1. The molecule has 2 aliphatic carbocycles. The van der Waals surface area contributed by atoms with Crippen LogP contribution in [0, 0.1) is 60.1 Å². The Morgan fingerprint density at radius 2 is 1.38 bits per heavy atom. The van der Waals surface area contributed by atoms with Crippen LogP contribution in [0.1, 0.15) is 105 Å². The Morgan fingerprint density at radius 3 is 1.98 bits per heavy atom. The van der Waals surface area contributed by atoms with Crippen molar-refractivity contribution in [3.63, 3.8) is 0 Å². The number of benzene rings is 1. The number of nitrogens with zero attached hydrogens (tertiary/aromatic N) is 1. The van der Waals surface area contributed by atoms with Crippen molar-refractivity contribution in [2.24, 2.45) is 52.5 Å². The third-order valence-corrected chi connectivity index (χ3v) is 14.7. The molecule has 16 atom stereocenters. The molecule has 10 aliphatic rings. The predicted molar refractivity (Wildman–Crippen MR) is 187 cm³/mol. The Bertz CT molecular complexity index is 1630. The van der Waals surface area contributed by atoms with Gasteiger partial charge in [-0.25, -0.2) is 28.7 Å². The van der Waals surface area contributed by atoms with Crippen molar-refractivity contribution in [3.8, 4) is 0 Å². The summed E-state index contributed by atoms with van der Waals surface area (Å²) in [4.78, 5) is 43.8. The van der Waals surface area contributed by atoms with Crippen molar-refractivity contribution < 1.29 is 52.5 Å². The minimum absolute atomic E-state index is 0.0242. The highest BCUT2D eigenvalue weighted by atomic mass is 19.1. The highest BCUT2D eigenvalue weighted by Crippen LogP contribution is 2.63. The van der Waals surface area contributed by atoms with Gasteiger partial charge in [-0.2, -0.15) is 0 Å². The van der Waals surface area contributed by atoms with E-state index >= 15 is 0 Å². The normalized spacial score (nSPS) is 50.0. The van der Waals surface area contributed by atoms with Crippen LogP contribution in [0.3, 0.4) is 0 Å². The smallest absolute Gasteiger partial charge is 0.345 e. The Hall–Kier alpha value is -2.23. The number of amides is 1. The fourth-order valence-electron chi connectivity index (χ4n) is 12.0. The number of aryl methyl sites for hydroxylation is 1.